The van der Waals surface area contributed by atoms with E-state index < -0.39 is 21.7 Å². The van der Waals surface area contributed by atoms with Crippen molar-refractivity contribution < 1.29 is 17.6 Å². The van der Waals surface area contributed by atoms with E-state index in [4.69, 9.17) is 5.14 Å². The second-order valence-corrected chi connectivity index (χ2v) is 6.77. The van der Waals surface area contributed by atoms with Crippen LogP contribution in [0, 0.1) is 5.82 Å². The van der Waals surface area contributed by atoms with Gasteiger partial charge in [-0.15, -0.1) is 0 Å². The molecule has 1 aliphatic heterocycles. The summed E-state index contributed by atoms with van der Waals surface area (Å²) in [5.74, 6) is -1.12. The first kappa shape index (κ1) is 15.9. The Hall–Kier alpha value is -1.47. The van der Waals surface area contributed by atoms with E-state index in [1.807, 2.05) is 6.92 Å². The summed E-state index contributed by atoms with van der Waals surface area (Å²) in [6, 6.07) is 3.04. The van der Waals surface area contributed by atoms with E-state index in [9.17, 15) is 17.6 Å². The van der Waals surface area contributed by atoms with Gasteiger partial charge in [0.05, 0.1) is 10.5 Å². The predicted molar refractivity (Wildman–Crippen MR) is 76.7 cm³/mol. The zero-order valence-corrected chi connectivity index (χ0v) is 12.7. The van der Waals surface area contributed by atoms with Crippen LogP contribution < -0.4 is 5.14 Å². The number of benzene rings is 1. The molecule has 1 amide bonds. The minimum absolute atomic E-state index is 0.0582. The molecule has 5 nitrogen and oxygen atoms in total. The average Bonchev–Trinajstić information content (AvgIpc) is 2.45. The first-order valence-electron chi connectivity index (χ1n) is 6.98. The standard InChI is InChI=1S/C14H19FN2O3S/c1-2-11-5-3-4-8-17(11)14(18)12-9-10(15)6-7-13(12)21(16,19)20/h6-7,9,11H,2-5,8H2,1H3,(H2,16,19,20). The molecule has 0 radical (unpaired) electrons. The summed E-state index contributed by atoms with van der Waals surface area (Å²) >= 11 is 0. The molecule has 0 bridgehead atoms. The maximum absolute atomic E-state index is 13.4. The van der Waals surface area contributed by atoms with Crippen LogP contribution in [0.2, 0.25) is 0 Å². The van der Waals surface area contributed by atoms with Crippen molar-refractivity contribution in [3.05, 3.63) is 29.6 Å². The Morgan fingerprint density at radius 3 is 2.76 bits per heavy atom. The van der Waals surface area contributed by atoms with Crippen molar-refractivity contribution in [3.63, 3.8) is 0 Å². The fourth-order valence-electron chi connectivity index (χ4n) is 2.76. The Kier molecular flexibility index (Phi) is 4.63. The quantitative estimate of drug-likeness (QED) is 0.925. The second kappa shape index (κ2) is 6.11. The van der Waals surface area contributed by atoms with Crippen LogP contribution >= 0.6 is 0 Å². The third-order valence-electron chi connectivity index (χ3n) is 3.84. The molecule has 1 aromatic carbocycles. The molecule has 21 heavy (non-hydrogen) atoms. The van der Waals surface area contributed by atoms with Gasteiger partial charge in [0.2, 0.25) is 10.0 Å². The number of piperidine rings is 1. The monoisotopic (exact) mass is 314 g/mol. The Morgan fingerprint density at radius 1 is 1.43 bits per heavy atom. The summed E-state index contributed by atoms with van der Waals surface area (Å²) in [6.07, 6.45) is 3.56. The molecule has 1 heterocycles. The molecule has 7 heteroatoms. The lowest BCUT2D eigenvalue weighted by Crippen LogP contribution is -2.44. The maximum Gasteiger partial charge on any atom is 0.255 e. The van der Waals surface area contributed by atoms with Crippen molar-refractivity contribution in [2.24, 2.45) is 5.14 Å². The number of amides is 1. The topological polar surface area (TPSA) is 80.5 Å². The lowest BCUT2D eigenvalue weighted by molar-refractivity contribution is 0.0603. The van der Waals surface area contributed by atoms with Crippen molar-refractivity contribution in [2.75, 3.05) is 6.54 Å². The summed E-state index contributed by atoms with van der Waals surface area (Å²) < 4.78 is 36.6. The largest absolute Gasteiger partial charge is 0.336 e. The van der Waals surface area contributed by atoms with Crippen LogP contribution in [-0.4, -0.2) is 31.8 Å². The molecule has 2 rings (SSSR count). The van der Waals surface area contributed by atoms with Gasteiger partial charge in [0.15, 0.2) is 0 Å². The molecule has 2 N–H and O–H groups in total. The number of primary sulfonamides is 1. The number of likely N-dealkylation sites (tertiary alicyclic amines) is 1. The van der Waals surface area contributed by atoms with Crippen molar-refractivity contribution in [3.8, 4) is 0 Å². The van der Waals surface area contributed by atoms with Gasteiger partial charge in [0.25, 0.3) is 5.91 Å². The SMILES string of the molecule is CCC1CCCCN1C(=O)c1cc(F)ccc1S(N)(=O)=O. The molecule has 1 atom stereocenters. The lowest BCUT2D eigenvalue weighted by atomic mass is 9.99. The molecule has 0 saturated carbocycles. The highest BCUT2D eigenvalue weighted by Crippen LogP contribution is 2.24. The molecule has 1 saturated heterocycles. The Labute approximate surface area is 124 Å². The smallest absolute Gasteiger partial charge is 0.255 e. The van der Waals surface area contributed by atoms with Crippen molar-refractivity contribution in [1.29, 1.82) is 0 Å². The number of nitrogens with two attached hydrogens (primary N) is 1. The number of sulfonamides is 1. The van der Waals surface area contributed by atoms with Crippen LogP contribution in [0.5, 0.6) is 0 Å². The summed E-state index contributed by atoms with van der Waals surface area (Å²) in [5.41, 5.74) is -0.183. The van der Waals surface area contributed by atoms with Gasteiger partial charge < -0.3 is 4.90 Å². The summed E-state index contributed by atoms with van der Waals surface area (Å²) in [4.78, 5) is 13.9. The van der Waals surface area contributed by atoms with Gasteiger partial charge in [-0.3, -0.25) is 4.79 Å². The number of carbonyl (C=O) groups excluding carboxylic acids is 1. The van der Waals surface area contributed by atoms with E-state index in [0.29, 0.717) is 6.54 Å². The third kappa shape index (κ3) is 3.41. The van der Waals surface area contributed by atoms with Gasteiger partial charge in [-0.05, 0) is 43.9 Å². The summed E-state index contributed by atoms with van der Waals surface area (Å²) in [7, 11) is -4.07. The minimum Gasteiger partial charge on any atom is -0.336 e. The Balaban J connectivity index is 2.45. The number of hydrogen-bond donors (Lipinski definition) is 1. The molecule has 0 aromatic heterocycles. The van der Waals surface area contributed by atoms with E-state index >= 15 is 0 Å². The number of halogens is 1. The average molecular weight is 314 g/mol. The summed E-state index contributed by atoms with van der Waals surface area (Å²) in [6.45, 7) is 2.53. The lowest BCUT2D eigenvalue weighted by Gasteiger charge is -2.35. The minimum atomic E-state index is -4.07. The number of hydrogen-bond acceptors (Lipinski definition) is 3. The van der Waals surface area contributed by atoms with Gasteiger partial charge in [-0.25, -0.2) is 17.9 Å². The molecule has 1 unspecified atom stereocenters. The van der Waals surface area contributed by atoms with Crippen LogP contribution in [-0.2, 0) is 10.0 Å². The normalized spacial score (nSPS) is 19.6. The van der Waals surface area contributed by atoms with Crippen LogP contribution in [0.4, 0.5) is 4.39 Å². The van der Waals surface area contributed by atoms with Gasteiger partial charge >= 0.3 is 0 Å². The molecular formula is C14H19FN2O3S. The van der Waals surface area contributed by atoms with Gasteiger partial charge in [-0.1, -0.05) is 6.92 Å². The number of rotatable bonds is 3. The van der Waals surface area contributed by atoms with Crippen LogP contribution in [0.25, 0.3) is 0 Å². The van der Waals surface area contributed by atoms with Crippen LogP contribution in [0.15, 0.2) is 23.1 Å². The summed E-state index contributed by atoms with van der Waals surface area (Å²) in [5, 5.41) is 5.12. The van der Waals surface area contributed by atoms with Crippen molar-refractivity contribution in [2.45, 2.75) is 43.5 Å². The molecular weight excluding hydrogens is 295 g/mol. The van der Waals surface area contributed by atoms with E-state index in [0.717, 1.165) is 43.9 Å². The fraction of sp³-hybridized carbons (Fsp3) is 0.500. The van der Waals surface area contributed by atoms with E-state index in [1.54, 1.807) is 4.90 Å². The highest BCUT2D eigenvalue weighted by atomic mass is 32.2. The van der Waals surface area contributed by atoms with E-state index in [2.05, 4.69) is 0 Å². The van der Waals surface area contributed by atoms with Gasteiger partial charge in [-0.2, -0.15) is 0 Å². The number of carbonyl (C=O) groups is 1. The maximum atomic E-state index is 13.4. The molecule has 116 valence electrons. The predicted octanol–water partition coefficient (Wildman–Crippen LogP) is 1.88. The zero-order valence-electron chi connectivity index (χ0n) is 11.9. The van der Waals surface area contributed by atoms with Crippen LogP contribution in [0.3, 0.4) is 0 Å². The Bertz CT molecular complexity index is 646. The zero-order chi connectivity index (χ0) is 15.6. The number of nitrogens with zero attached hydrogens (tertiary/aromatic N) is 1. The van der Waals surface area contributed by atoms with Crippen molar-refractivity contribution in [1.82, 2.24) is 4.90 Å². The molecule has 0 spiro atoms. The molecule has 1 fully saturated rings. The first-order valence-corrected chi connectivity index (χ1v) is 8.52. The van der Waals surface area contributed by atoms with E-state index in [1.165, 1.54) is 0 Å². The van der Waals surface area contributed by atoms with E-state index in [-0.39, 0.29) is 16.5 Å². The molecule has 1 aliphatic rings. The Morgan fingerprint density at radius 2 is 2.14 bits per heavy atom. The highest BCUT2D eigenvalue weighted by Gasteiger charge is 2.29. The highest BCUT2D eigenvalue weighted by molar-refractivity contribution is 7.89. The fourth-order valence-corrected chi connectivity index (χ4v) is 3.48. The second-order valence-electron chi connectivity index (χ2n) is 5.24. The van der Waals surface area contributed by atoms with Crippen LogP contribution in [0.1, 0.15) is 43.0 Å². The third-order valence-corrected chi connectivity index (χ3v) is 4.81. The first-order chi connectivity index (χ1) is 9.84. The van der Waals surface area contributed by atoms with Crippen molar-refractivity contribution >= 4 is 15.9 Å². The molecule has 0 aliphatic carbocycles. The van der Waals surface area contributed by atoms with Gasteiger partial charge in [0, 0.05) is 12.6 Å². The molecule has 1 aromatic rings. The van der Waals surface area contributed by atoms with Gasteiger partial charge in [0.1, 0.15) is 5.82 Å².